The number of hydrogen-bond donors (Lipinski definition) is 13. The van der Waals surface area contributed by atoms with Crippen LogP contribution < -0.4 is 11.5 Å². The van der Waals surface area contributed by atoms with Crippen LogP contribution in [0.15, 0.2) is 41.4 Å². The maximum atomic E-state index is 13.5. The molecule has 2 heterocycles. The number of allylic oxidation sites excluding steroid dienone is 2. The molecule has 1 saturated heterocycles. The fraction of sp³-hybridized carbons (Fsp3) is 0.811. The summed E-state index contributed by atoms with van der Waals surface area (Å²) in [7, 11) is 0. The van der Waals surface area contributed by atoms with E-state index in [4.69, 9.17) is 25.7 Å². The van der Waals surface area contributed by atoms with Gasteiger partial charge in [0.25, 0.3) is 0 Å². The van der Waals surface area contributed by atoms with E-state index in [0.29, 0.717) is 13.0 Å². The molecule has 0 aromatic heterocycles. The van der Waals surface area contributed by atoms with Gasteiger partial charge in [0.1, 0.15) is 24.7 Å². The highest BCUT2D eigenvalue weighted by molar-refractivity contribution is 5.90. The van der Waals surface area contributed by atoms with Crippen molar-refractivity contribution in [3.8, 4) is 0 Å². The van der Waals surface area contributed by atoms with E-state index in [-0.39, 0.29) is 62.7 Å². The molecule has 1 fully saturated rings. The molecule has 2 bridgehead atoms. The second-order valence-electron chi connectivity index (χ2n) is 21.4. The number of nitrogens with zero attached hydrogens (tertiary/aromatic N) is 1. The van der Waals surface area contributed by atoms with Gasteiger partial charge in [-0.3, -0.25) is 14.6 Å². The Morgan fingerprint density at radius 3 is 2.07 bits per heavy atom. The number of ether oxygens (including phenoxy) is 3. The molecule has 15 N–H and O–H groups in total. The second kappa shape index (κ2) is 32.8. The lowest BCUT2D eigenvalue weighted by molar-refractivity contribution is -0.333. The number of rotatable bonds is 14. The van der Waals surface area contributed by atoms with Crippen LogP contribution in [-0.4, -0.2) is 166 Å². The first kappa shape index (κ1) is 65.6. The molecule has 0 unspecified atom stereocenters. The molecular formula is C53H93N3O17. The lowest BCUT2D eigenvalue weighted by Crippen LogP contribution is -2.60. The molecule has 2 aliphatic rings. The summed E-state index contributed by atoms with van der Waals surface area (Å²) in [6.07, 6.45) is -2.69. The Morgan fingerprint density at radius 1 is 0.781 bits per heavy atom. The zero-order valence-corrected chi connectivity index (χ0v) is 44.2. The summed E-state index contributed by atoms with van der Waals surface area (Å²) in [5.74, 6) is -8.90. The van der Waals surface area contributed by atoms with E-state index in [0.717, 1.165) is 32.1 Å². The minimum Gasteiger partial charge on any atom is -0.481 e. The summed E-state index contributed by atoms with van der Waals surface area (Å²) < 4.78 is 17.4. The summed E-state index contributed by atoms with van der Waals surface area (Å²) in [4.78, 5) is 41.4. The van der Waals surface area contributed by atoms with Gasteiger partial charge in [0, 0.05) is 68.4 Å². The fourth-order valence-corrected chi connectivity index (χ4v) is 9.67. The number of nitrogens with two attached hydrogens (primary N) is 2. The highest BCUT2D eigenvalue weighted by atomic mass is 16.7. The zero-order valence-electron chi connectivity index (χ0n) is 44.2. The van der Waals surface area contributed by atoms with Crippen LogP contribution in [-0.2, 0) is 28.6 Å². The molecule has 0 radical (unpaired) electrons. The average molecular weight is 1040 g/mol. The molecule has 73 heavy (non-hydrogen) atoms. The Morgan fingerprint density at radius 2 is 1.42 bits per heavy atom. The Hall–Kier alpha value is -3.54. The summed E-state index contributed by atoms with van der Waals surface area (Å²) in [6, 6.07) is 0. The van der Waals surface area contributed by atoms with E-state index in [2.05, 4.69) is 24.1 Å². The quantitative estimate of drug-likeness (QED) is 0.0297. The van der Waals surface area contributed by atoms with Crippen LogP contribution in [0.25, 0.3) is 0 Å². The van der Waals surface area contributed by atoms with Gasteiger partial charge in [-0.25, -0.2) is 4.79 Å². The van der Waals surface area contributed by atoms with Crippen molar-refractivity contribution in [3.63, 3.8) is 0 Å². The van der Waals surface area contributed by atoms with E-state index in [1.165, 1.54) is 18.2 Å². The van der Waals surface area contributed by atoms with Gasteiger partial charge in [-0.15, -0.1) is 0 Å². The van der Waals surface area contributed by atoms with Gasteiger partial charge < -0.3 is 81.8 Å². The number of aliphatic carboxylic acids is 1. The fourth-order valence-electron chi connectivity index (χ4n) is 9.67. The van der Waals surface area contributed by atoms with Crippen LogP contribution in [0.5, 0.6) is 0 Å². The van der Waals surface area contributed by atoms with Crippen molar-refractivity contribution in [1.29, 1.82) is 0 Å². The number of hydrogen-bond acceptors (Lipinski definition) is 17. The number of aliphatic hydroxyl groups excluding tert-OH is 9. The number of esters is 2. The van der Waals surface area contributed by atoms with Crippen LogP contribution in [0.3, 0.4) is 0 Å². The maximum absolute atomic E-state index is 13.5. The molecule has 0 amide bonds. The topological polar surface area (TPSA) is 366 Å². The molecule has 0 aromatic rings. The molecule has 20 atom stereocenters. The molecule has 0 spiro atoms. The Balaban J connectivity index is 2.42. The Kier molecular flexibility index (Phi) is 29.5. The van der Waals surface area contributed by atoms with Gasteiger partial charge in [0.05, 0.1) is 54.9 Å². The SMILES string of the molecule is C[C@H](CCC/C=C\CCCN=C(N)N)C[C@@H](C)[C@H]1OC(=O)/C=C/[C@H](C)[C@H](O)C[C@H](O)[C@@H](C)[C@H](O)CC[C@H](C)[C@H](O)C[C@]2(O)O[C@@H](C[C@@H](OC(=O)CC(=O)O)C[C@H](O)C[C@H](O)[C@@H](C)[C@H](O)/C=C/[C@H]1C)C[C@@H](O)[C@@H]2O. The van der Waals surface area contributed by atoms with Gasteiger partial charge in [-0.2, -0.15) is 0 Å². The van der Waals surface area contributed by atoms with Gasteiger partial charge in [0.15, 0.2) is 11.7 Å². The normalized spacial score (nSPS) is 38.3. The van der Waals surface area contributed by atoms with Crippen molar-refractivity contribution in [3.05, 3.63) is 36.5 Å². The monoisotopic (exact) mass is 1040 g/mol. The molecule has 0 aliphatic carbocycles. The highest BCUT2D eigenvalue weighted by Gasteiger charge is 2.50. The molecular weight excluding hydrogens is 951 g/mol. The number of cyclic esters (lactones) is 1. The summed E-state index contributed by atoms with van der Waals surface area (Å²) >= 11 is 0. The van der Waals surface area contributed by atoms with Gasteiger partial charge in [0.2, 0.25) is 0 Å². The molecule has 2 rings (SSSR count). The Bertz CT molecular complexity index is 1750. The molecule has 0 aromatic carbocycles. The summed E-state index contributed by atoms with van der Waals surface area (Å²) in [5.41, 5.74) is 10.8. The van der Waals surface area contributed by atoms with Crippen LogP contribution in [0.4, 0.5) is 0 Å². The van der Waals surface area contributed by atoms with Crippen molar-refractivity contribution in [2.24, 2.45) is 57.9 Å². The summed E-state index contributed by atoms with van der Waals surface area (Å²) in [5, 5.41) is 121. The van der Waals surface area contributed by atoms with Crippen LogP contribution in [0.2, 0.25) is 0 Å². The number of unbranched alkanes of at least 4 members (excludes halogenated alkanes) is 2. The number of guanidine groups is 1. The van der Waals surface area contributed by atoms with Crippen LogP contribution in [0, 0.1) is 41.4 Å². The minimum absolute atomic E-state index is 0.0758. The number of carboxylic acid groups (broad SMARTS) is 1. The number of carboxylic acids is 1. The van der Waals surface area contributed by atoms with Gasteiger partial charge >= 0.3 is 17.9 Å². The van der Waals surface area contributed by atoms with E-state index in [1.807, 2.05) is 13.8 Å². The Labute approximate surface area is 432 Å². The second-order valence-corrected chi connectivity index (χ2v) is 21.4. The standard InChI is InChI=1S/C53H93N3O17/c1-30(14-12-10-8-9-11-13-21-56-52(54)55)22-34(5)50-33(4)16-19-41(59)35(6)43(61)24-37(57)23-38(71-49(68)28-47(65)66)25-39-26-45(63)51(69)53(70,73-39)29-46(64)32(3)15-18-40(58)36(7)44(62)27-42(60)31(2)17-20-48(67)72-50/h8-9,16-17,19-20,30-46,50-51,57-64,69-70H,10-15,18,21-29H2,1-7H3,(H,65,66)(H4,54,55,56)/b9-8-,19-16+,20-17+/t30-,31+,32+,33-,34-,35+,36+,37+,38+,39+,40-,41-,42-,43+,44+,45-,46-,50+,51+,53+/m1/s1. The van der Waals surface area contributed by atoms with Crippen molar-refractivity contribution >= 4 is 23.9 Å². The molecule has 20 nitrogen and oxygen atoms in total. The zero-order chi connectivity index (χ0) is 55.2. The van der Waals surface area contributed by atoms with E-state index < -0.39 is 139 Å². The number of carbonyl (C=O) groups excluding carboxylic acids is 2. The number of aliphatic hydroxyl groups is 10. The third-order valence-electron chi connectivity index (χ3n) is 14.7. The number of carbonyl (C=O) groups is 3. The first-order valence-electron chi connectivity index (χ1n) is 26.3. The van der Waals surface area contributed by atoms with Gasteiger partial charge in [-0.1, -0.05) is 85.3 Å². The lowest BCUT2D eigenvalue weighted by Gasteiger charge is -2.45. The average Bonchev–Trinajstić information content (AvgIpc) is 3.30. The maximum Gasteiger partial charge on any atom is 0.330 e. The minimum atomic E-state index is -2.52. The predicted octanol–water partition coefficient (Wildman–Crippen LogP) is 2.49. The third-order valence-corrected chi connectivity index (χ3v) is 14.7. The molecule has 20 heteroatoms. The smallest absolute Gasteiger partial charge is 0.330 e. The lowest BCUT2D eigenvalue weighted by atomic mass is 9.83. The van der Waals surface area contributed by atoms with E-state index >= 15 is 0 Å². The highest BCUT2D eigenvalue weighted by Crippen LogP contribution is 2.36. The summed E-state index contributed by atoms with van der Waals surface area (Å²) in [6.45, 7) is 13.0. The van der Waals surface area contributed by atoms with E-state index in [1.54, 1.807) is 33.8 Å². The van der Waals surface area contributed by atoms with Crippen molar-refractivity contribution in [2.45, 2.75) is 224 Å². The van der Waals surface area contributed by atoms with Gasteiger partial charge in [-0.05, 0) is 69.1 Å². The molecule has 0 saturated carbocycles. The predicted molar refractivity (Wildman–Crippen MR) is 273 cm³/mol. The van der Waals surface area contributed by atoms with Crippen molar-refractivity contribution in [2.75, 3.05) is 6.54 Å². The third kappa shape index (κ3) is 24.3. The van der Waals surface area contributed by atoms with Crippen molar-refractivity contribution < 1.29 is 84.8 Å². The first-order valence-corrected chi connectivity index (χ1v) is 26.3. The first-order chi connectivity index (χ1) is 34.1. The molecule has 2 aliphatic heterocycles. The number of aliphatic imine (C=N–C) groups is 1. The van der Waals surface area contributed by atoms with Crippen molar-refractivity contribution in [1.82, 2.24) is 0 Å². The largest absolute Gasteiger partial charge is 0.481 e. The number of fused-ring (bicyclic) bond motifs is 2. The van der Waals surface area contributed by atoms with E-state index in [9.17, 15) is 70.6 Å². The molecule has 422 valence electrons. The van der Waals surface area contributed by atoms with Crippen LogP contribution in [0.1, 0.15) is 145 Å². The van der Waals surface area contributed by atoms with Crippen LogP contribution >= 0.6 is 0 Å².